The fraction of sp³-hybridized carbons (Fsp3) is 0.0625. The Morgan fingerprint density at radius 3 is 2.77 bits per heavy atom. The minimum atomic E-state index is -0.684. The van der Waals surface area contributed by atoms with Gasteiger partial charge in [0.2, 0.25) is 4.77 Å². The van der Waals surface area contributed by atoms with E-state index in [9.17, 15) is 19.6 Å². The number of nitro groups is 1. The van der Waals surface area contributed by atoms with Crippen molar-refractivity contribution in [1.82, 2.24) is 14.9 Å². The molecule has 0 spiro atoms. The van der Waals surface area contributed by atoms with E-state index in [1.54, 1.807) is 12.1 Å². The van der Waals surface area contributed by atoms with Crippen LogP contribution in [0.15, 0.2) is 47.6 Å². The molecule has 0 saturated carbocycles. The highest BCUT2D eigenvalue weighted by atomic mass is 32.1. The van der Waals surface area contributed by atoms with Crippen molar-refractivity contribution in [2.24, 2.45) is 5.10 Å². The zero-order valence-electron chi connectivity index (χ0n) is 13.2. The van der Waals surface area contributed by atoms with Crippen molar-refractivity contribution in [2.75, 3.05) is 0 Å². The van der Waals surface area contributed by atoms with Gasteiger partial charge < -0.3 is 5.11 Å². The van der Waals surface area contributed by atoms with Crippen molar-refractivity contribution in [3.8, 4) is 5.75 Å². The van der Waals surface area contributed by atoms with Gasteiger partial charge in [0.25, 0.3) is 0 Å². The highest BCUT2D eigenvalue weighted by Gasteiger charge is 2.13. The topological polar surface area (TPSA) is 109 Å². The number of phenols is 1. The molecule has 0 fully saturated rings. The van der Waals surface area contributed by atoms with Gasteiger partial charge in [-0.1, -0.05) is 12.1 Å². The number of nitrogens with zero attached hydrogens (tertiary/aromatic N) is 4. The summed E-state index contributed by atoms with van der Waals surface area (Å²) in [6.45, 7) is 0. The van der Waals surface area contributed by atoms with Crippen LogP contribution in [0.4, 0.5) is 10.1 Å². The number of aromatic nitrogens is 3. The summed E-state index contributed by atoms with van der Waals surface area (Å²) in [6.07, 6.45) is 1.73. The third-order valence-electron chi connectivity index (χ3n) is 3.51. The van der Waals surface area contributed by atoms with Crippen LogP contribution in [0, 0.1) is 20.7 Å². The van der Waals surface area contributed by atoms with Crippen LogP contribution in [0.3, 0.4) is 0 Å². The molecule has 26 heavy (non-hydrogen) atoms. The van der Waals surface area contributed by atoms with E-state index in [-0.39, 0.29) is 10.6 Å². The van der Waals surface area contributed by atoms with Crippen LogP contribution >= 0.6 is 12.2 Å². The molecule has 2 aromatic carbocycles. The fourth-order valence-electron chi connectivity index (χ4n) is 2.23. The largest absolute Gasteiger partial charge is 0.502 e. The fourth-order valence-corrected chi connectivity index (χ4v) is 2.43. The number of halogens is 1. The Bertz CT molecular complexity index is 1040. The molecule has 0 radical (unpaired) electrons. The van der Waals surface area contributed by atoms with E-state index in [0.717, 1.165) is 5.56 Å². The van der Waals surface area contributed by atoms with Crippen LogP contribution in [-0.4, -0.2) is 31.1 Å². The van der Waals surface area contributed by atoms with Crippen LogP contribution in [0.5, 0.6) is 5.75 Å². The number of benzene rings is 2. The molecule has 132 valence electrons. The van der Waals surface area contributed by atoms with E-state index in [0.29, 0.717) is 17.8 Å². The van der Waals surface area contributed by atoms with Crippen molar-refractivity contribution < 1.29 is 14.4 Å². The van der Waals surface area contributed by atoms with Gasteiger partial charge in [-0.05, 0) is 42.0 Å². The van der Waals surface area contributed by atoms with Gasteiger partial charge in [0, 0.05) is 18.1 Å². The van der Waals surface area contributed by atoms with Gasteiger partial charge in [-0.2, -0.15) is 14.9 Å². The molecule has 10 heteroatoms. The minimum absolute atomic E-state index is 0.242. The van der Waals surface area contributed by atoms with E-state index in [4.69, 9.17) is 12.2 Å². The maximum atomic E-state index is 13.0. The summed E-state index contributed by atoms with van der Waals surface area (Å²) < 4.78 is 14.6. The minimum Gasteiger partial charge on any atom is -0.502 e. The van der Waals surface area contributed by atoms with Crippen LogP contribution in [0.1, 0.15) is 17.0 Å². The van der Waals surface area contributed by atoms with E-state index in [1.165, 1.54) is 41.2 Å². The van der Waals surface area contributed by atoms with Crippen LogP contribution in [0.2, 0.25) is 0 Å². The monoisotopic (exact) mass is 373 g/mol. The third-order valence-corrected chi connectivity index (χ3v) is 3.78. The molecule has 3 aromatic rings. The molecule has 0 unspecified atom stereocenters. The van der Waals surface area contributed by atoms with Gasteiger partial charge in [0.1, 0.15) is 5.82 Å². The van der Waals surface area contributed by atoms with Gasteiger partial charge in [0.05, 0.1) is 11.1 Å². The molecule has 8 nitrogen and oxygen atoms in total. The molecule has 0 aliphatic carbocycles. The molecule has 0 aliphatic rings. The second kappa shape index (κ2) is 7.23. The Morgan fingerprint density at radius 2 is 2.08 bits per heavy atom. The molecule has 0 atom stereocenters. The zero-order chi connectivity index (χ0) is 18.7. The lowest BCUT2D eigenvalue weighted by Crippen LogP contribution is -2.00. The predicted octanol–water partition coefficient (Wildman–Crippen LogP) is 3.17. The van der Waals surface area contributed by atoms with Crippen molar-refractivity contribution in [3.63, 3.8) is 0 Å². The smallest absolute Gasteiger partial charge is 0.311 e. The second-order valence-electron chi connectivity index (χ2n) is 5.31. The molecule has 0 aliphatic heterocycles. The molecule has 1 aromatic heterocycles. The van der Waals surface area contributed by atoms with E-state index in [1.807, 2.05) is 0 Å². The number of H-pyrrole nitrogens is 1. The standard InChI is InChI=1S/C16H12FN5O3S/c17-12-4-1-10(2-5-12)8-15-19-20-16(26)21(15)18-9-11-3-6-14(23)13(7-11)22(24)25/h1-7,9,23H,8H2,(H,20,26)/b18-9-. The van der Waals surface area contributed by atoms with Crippen molar-refractivity contribution >= 4 is 24.1 Å². The summed E-state index contributed by atoms with van der Waals surface area (Å²) >= 11 is 5.14. The molecule has 0 bridgehead atoms. The molecule has 0 amide bonds. The maximum absolute atomic E-state index is 13.0. The number of aromatic hydroxyl groups is 1. The van der Waals surface area contributed by atoms with Crippen molar-refractivity contribution in [3.05, 3.63) is 80.1 Å². The predicted molar refractivity (Wildman–Crippen MR) is 94.4 cm³/mol. The number of rotatable bonds is 5. The third kappa shape index (κ3) is 3.81. The summed E-state index contributed by atoms with van der Waals surface area (Å²) in [6, 6.07) is 9.85. The van der Waals surface area contributed by atoms with Crippen LogP contribution in [-0.2, 0) is 6.42 Å². The first-order chi connectivity index (χ1) is 12.4. The van der Waals surface area contributed by atoms with Crippen molar-refractivity contribution in [2.45, 2.75) is 6.42 Å². The first-order valence-corrected chi connectivity index (χ1v) is 7.77. The lowest BCUT2D eigenvalue weighted by atomic mass is 10.1. The first kappa shape index (κ1) is 17.4. The first-order valence-electron chi connectivity index (χ1n) is 7.36. The summed E-state index contributed by atoms with van der Waals surface area (Å²) in [7, 11) is 0. The SMILES string of the molecule is O=[N+]([O-])c1cc(/C=N\n2c(Cc3ccc(F)cc3)n[nH]c2=S)ccc1O. The van der Waals surface area contributed by atoms with Gasteiger partial charge >= 0.3 is 5.69 Å². The number of hydrogen-bond acceptors (Lipinski definition) is 6. The Hall–Kier alpha value is -3.40. The van der Waals surface area contributed by atoms with Gasteiger partial charge in [-0.3, -0.25) is 15.2 Å². The lowest BCUT2D eigenvalue weighted by Gasteiger charge is -2.02. The van der Waals surface area contributed by atoms with Gasteiger partial charge in [-0.15, -0.1) is 0 Å². The lowest BCUT2D eigenvalue weighted by molar-refractivity contribution is -0.385. The normalized spacial score (nSPS) is 11.1. The highest BCUT2D eigenvalue weighted by molar-refractivity contribution is 7.71. The molecule has 2 N–H and O–H groups in total. The quantitative estimate of drug-likeness (QED) is 0.309. The molecule has 1 heterocycles. The van der Waals surface area contributed by atoms with Crippen molar-refractivity contribution in [1.29, 1.82) is 0 Å². The molecular weight excluding hydrogens is 361 g/mol. The Balaban J connectivity index is 1.88. The number of aromatic amines is 1. The molecule has 3 rings (SSSR count). The zero-order valence-corrected chi connectivity index (χ0v) is 14.0. The average Bonchev–Trinajstić information content (AvgIpc) is 2.95. The second-order valence-corrected chi connectivity index (χ2v) is 5.70. The van der Waals surface area contributed by atoms with E-state index < -0.39 is 16.4 Å². The van der Waals surface area contributed by atoms with Crippen LogP contribution in [0.25, 0.3) is 0 Å². The Kier molecular flexibility index (Phi) is 4.85. The summed E-state index contributed by atoms with van der Waals surface area (Å²) in [5.74, 6) is -0.269. The van der Waals surface area contributed by atoms with E-state index in [2.05, 4.69) is 15.3 Å². The van der Waals surface area contributed by atoms with Crippen LogP contribution < -0.4 is 0 Å². The number of nitro benzene ring substituents is 1. The molecule has 0 saturated heterocycles. The summed E-state index contributed by atoms with van der Waals surface area (Å²) in [5.41, 5.74) is 0.804. The maximum Gasteiger partial charge on any atom is 0.311 e. The summed E-state index contributed by atoms with van der Waals surface area (Å²) in [5, 5.41) is 31.3. The average molecular weight is 373 g/mol. The number of nitrogens with one attached hydrogen (secondary N) is 1. The van der Waals surface area contributed by atoms with E-state index >= 15 is 0 Å². The number of phenolic OH excluding ortho intramolecular Hbond substituents is 1. The summed E-state index contributed by atoms with van der Waals surface area (Å²) in [4.78, 5) is 10.2. The molecular formula is C16H12FN5O3S. The Morgan fingerprint density at radius 1 is 1.35 bits per heavy atom. The van der Waals surface area contributed by atoms with Gasteiger partial charge in [-0.25, -0.2) is 4.39 Å². The Labute approximate surface area is 151 Å². The number of hydrogen-bond donors (Lipinski definition) is 2. The highest BCUT2D eigenvalue weighted by Crippen LogP contribution is 2.25. The van der Waals surface area contributed by atoms with Gasteiger partial charge in [0.15, 0.2) is 11.6 Å².